The second-order valence-electron chi connectivity index (χ2n) is 8.53. The number of benzene rings is 2. The molecule has 0 saturated carbocycles. The smallest absolute Gasteiger partial charge is 0.254 e. The normalized spacial score (nSPS) is 30.9. The summed E-state index contributed by atoms with van der Waals surface area (Å²) in [6.45, 7) is 5.14. The number of hydrogen-bond donors (Lipinski definition) is 0. The van der Waals surface area contributed by atoms with Crippen molar-refractivity contribution in [2.45, 2.75) is 37.8 Å². The molecule has 4 nitrogen and oxygen atoms in total. The summed E-state index contributed by atoms with van der Waals surface area (Å²) in [5.74, 6) is 2.05. The summed E-state index contributed by atoms with van der Waals surface area (Å²) in [4.78, 5) is 18.4. The Balaban J connectivity index is 1.55. The molecule has 0 spiro atoms. The van der Waals surface area contributed by atoms with Crippen LogP contribution in [0.3, 0.4) is 0 Å². The molecule has 4 saturated heterocycles. The van der Waals surface area contributed by atoms with E-state index in [0.29, 0.717) is 23.9 Å². The number of methoxy groups -OCH3 is 1. The van der Waals surface area contributed by atoms with Crippen molar-refractivity contribution in [2.24, 2.45) is 5.92 Å². The molecular formula is C24H28N2O2. The monoisotopic (exact) mass is 376 g/mol. The molecule has 2 aromatic rings. The van der Waals surface area contributed by atoms with E-state index < -0.39 is 0 Å². The van der Waals surface area contributed by atoms with Gasteiger partial charge in [0.15, 0.2) is 0 Å². The quantitative estimate of drug-likeness (QED) is 0.819. The standard InChI is InChI=1S/C24H28N2O2/c1-16-6-5-7-18(14-16)24(27)26-15-20(19-8-3-4-9-21(19)28-2)23-22(26)17-10-12-25(23)13-11-17/h3-9,14,17,20,22-23H,10-13,15H2,1-2H3/t20-,22+,23+/m1/s1. The number of carbonyl (C=O) groups excluding carboxylic acids is 1. The molecule has 3 atom stereocenters. The molecule has 0 aliphatic carbocycles. The number of carbonyl (C=O) groups is 1. The molecule has 28 heavy (non-hydrogen) atoms. The van der Waals surface area contributed by atoms with Crippen LogP contribution in [0.4, 0.5) is 0 Å². The van der Waals surface area contributed by atoms with Crippen LogP contribution in [-0.2, 0) is 0 Å². The Hall–Kier alpha value is -2.33. The zero-order valence-electron chi connectivity index (χ0n) is 16.7. The molecule has 0 aromatic heterocycles. The Bertz CT molecular complexity index is 888. The molecule has 0 N–H and O–H groups in total. The van der Waals surface area contributed by atoms with Crippen LogP contribution in [-0.4, -0.2) is 54.5 Å². The number of amides is 1. The Morgan fingerprint density at radius 3 is 2.57 bits per heavy atom. The van der Waals surface area contributed by atoms with E-state index in [1.165, 1.54) is 18.4 Å². The molecule has 1 amide bonds. The molecule has 4 heteroatoms. The first-order valence-electron chi connectivity index (χ1n) is 10.4. The van der Waals surface area contributed by atoms with Gasteiger partial charge in [0.1, 0.15) is 5.75 Å². The van der Waals surface area contributed by atoms with E-state index in [9.17, 15) is 4.79 Å². The Morgan fingerprint density at radius 2 is 1.82 bits per heavy atom. The maximum atomic E-state index is 13.5. The highest BCUT2D eigenvalue weighted by Crippen LogP contribution is 2.48. The van der Waals surface area contributed by atoms with Crippen LogP contribution in [0.15, 0.2) is 48.5 Å². The van der Waals surface area contributed by atoms with Gasteiger partial charge in [-0.1, -0.05) is 35.9 Å². The zero-order valence-corrected chi connectivity index (χ0v) is 16.7. The molecule has 2 aromatic carbocycles. The first-order valence-corrected chi connectivity index (χ1v) is 10.4. The second-order valence-corrected chi connectivity index (χ2v) is 8.53. The Kier molecular flexibility index (Phi) is 4.39. The first kappa shape index (κ1) is 17.7. The van der Waals surface area contributed by atoms with Crippen molar-refractivity contribution < 1.29 is 9.53 Å². The number of ether oxygens (including phenoxy) is 1. The number of aryl methyl sites for hydroxylation is 1. The number of rotatable bonds is 3. The molecule has 4 heterocycles. The SMILES string of the molecule is COc1ccccc1[C@H]1CN(C(=O)c2cccc(C)c2)[C@H]2C3CCN(CC3)[C@@H]12. The maximum Gasteiger partial charge on any atom is 0.254 e. The molecule has 6 rings (SSSR count). The summed E-state index contributed by atoms with van der Waals surface area (Å²) in [5.41, 5.74) is 3.19. The Morgan fingerprint density at radius 1 is 1.04 bits per heavy atom. The van der Waals surface area contributed by atoms with Crippen molar-refractivity contribution in [3.8, 4) is 5.75 Å². The molecule has 0 unspecified atom stereocenters. The highest BCUT2D eigenvalue weighted by molar-refractivity contribution is 5.95. The van der Waals surface area contributed by atoms with Crippen molar-refractivity contribution in [2.75, 3.05) is 26.7 Å². The van der Waals surface area contributed by atoms with Crippen LogP contribution in [0.5, 0.6) is 5.75 Å². The third-order valence-electron chi connectivity index (χ3n) is 7.06. The molecule has 146 valence electrons. The van der Waals surface area contributed by atoms with E-state index in [0.717, 1.165) is 36.5 Å². The second kappa shape index (κ2) is 6.93. The first-order chi connectivity index (χ1) is 13.7. The largest absolute Gasteiger partial charge is 0.496 e. The molecular weight excluding hydrogens is 348 g/mol. The van der Waals surface area contributed by atoms with Crippen LogP contribution < -0.4 is 4.74 Å². The van der Waals surface area contributed by atoms with Gasteiger partial charge in [0.2, 0.25) is 0 Å². The molecule has 4 aliphatic heterocycles. The summed E-state index contributed by atoms with van der Waals surface area (Å²) < 4.78 is 5.69. The van der Waals surface area contributed by atoms with Gasteiger partial charge in [0.05, 0.1) is 13.2 Å². The predicted molar refractivity (Wildman–Crippen MR) is 110 cm³/mol. The third-order valence-corrected chi connectivity index (χ3v) is 7.06. The lowest BCUT2D eigenvalue weighted by molar-refractivity contribution is -0.00350. The summed E-state index contributed by atoms with van der Waals surface area (Å²) >= 11 is 0. The lowest BCUT2D eigenvalue weighted by atomic mass is 9.75. The minimum atomic E-state index is 0.185. The van der Waals surface area contributed by atoms with Crippen molar-refractivity contribution in [3.05, 3.63) is 65.2 Å². The topological polar surface area (TPSA) is 32.8 Å². The van der Waals surface area contributed by atoms with Crippen LogP contribution in [0.25, 0.3) is 0 Å². The maximum absolute atomic E-state index is 13.5. The summed E-state index contributed by atoms with van der Waals surface area (Å²) in [5, 5.41) is 0. The summed E-state index contributed by atoms with van der Waals surface area (Å²) in [6, 6.07) is 17.1. The fourth-order valence-electron chi connectivity index (χ4n) is 5.84. The van der Waals surface area contributed by atoms with E-state index in [1.807, 2.05) is 30.3 Å². The van der Waals surface area contributed by atoms with Crippen LogP contribution in [0.2, 0.25) is 0 Å². The predicted octanol–water partition coefficient (Wildman–Crippen LogP) is 3.71. The number of para-hydroxylation sites is 1. The van der Waals surface area contributed by atoms with Crippen molar-refractivity contribution in [1.29, 1.82) is 0 Å². The van der Waals surface area contributed by atoms with Crippen LogP contribution in [0.1, 0.15) is 40.2 Å². The van der Waals surface area contributed by atoms with Gasteiger partial charge in [0, 0.05) is 29.6 Å². The molecule has 4 fully saturated rings. The van der Waals surface area contributed by atoms with Gasteiger partial charge >= 0.3 is 0 Å². The Labute approximate surface area is 167 Å². The number of likely N-dealkylation sites (tertiary alicyclic amines) is 1. The van der Waals surface area contributed by atoms with Crippen molar-refractivity contribution in [1.82, 2.24) is 9.80 Å². The van der Waals surface area contributed by atoms with Crippen molar-refractivity contribution in [3.63, 3.8) is 0 Å². The molecule has 0 radical (unpaired) electrons. The average Bonchev–Trinajstić information content (AvgIpc) is 3.16. The zero-order chi connectivity index (χ0) is 19.3. The third kappa shape index (κ3) is 2.74. The average molecular weight is 377 g/mol. The number of fused-ring (bicyclic) bond motifs is 2. The molecule has 4 aliphatic rings. The van der Waals surface area contributed by atoms with Gasteiger partial charge in [-0.25, -0.2) is 0 Å². The lowest BCUT2D eigenvalue weighted by Gasteiger charge is -2.51. The minimum absolute atomic E-state index is 0.185. The van der Waals surface area contributed by atoms with Crippen LogP contribution in [0, 0.1) is 12.8 Å². The number of piperidine rings is 3. The van der Waals surface area contributed by atoms with Gasteiger partial charge in [-0.05, 0) is 57.0 Å². The van der Waals surface area contributed by atoms with Gasteiger partial charge in [-0.2, -0.15) is 0 Å². The minimum Gasteiger partial charge on any atom is -0.496 e. The van der Waals surface area contributed by atoms with Gasteiger partial charge in [-0.3, -0.25) is 9.69 Å². The summed E-state index contributed by atoms with van der Waals surface area (Å²) in [7, 11) is 1.74. The van der Waals surface area contributed by atoms with Gasteiger partial charge in [0.25, 0.3) is 5.91 Å². The van der Waals surface area contributed by atoms with E-state index in [2.05, 4.69) is 34.9 Å². The lowest BCUT2D eigenvalue weighted by Crippen LogP contribution is -2.60. The highest BCUT2D eigenvalue weighted by Gasteiger charge is 2.55. The number of hydrogen-bond acceptors (Lipinski definition) is 3. The van der Waals surface area contributed by atoms with Gasteiger partial charge < -0.3 is 9.64 Å². The van der Waals surface area contributed by atoms with Crippen molar-refractivity contribution >= 4 is 5.91 Å². The van der Waals surface area contributed by atoms with Crippen LogP contribution >= 0.6 is 0 Å². The number of nitrogens with zero attached hydrogens (tertiary/aromatic N) is 2. The van der Waals surface area contributed by atoms with Gasteiger partial charge in [-0.15, -0.1) is 0 Å². The van der Waals surface area contributed by atoms with E-state index in [-0.39, 0.29) is 5.91 Å². The fourth-order valence-corrected chi connectivity index (χ4v) is 5.84. The highest BCUT2D eigenvalue weighted by atomic mass is 16.5. The van der Waals surface area contributed by atoms with E-state index in [1.54, 1.807) is 7.11 Å². The fraction of sp³-hybridized carbons (Fsp3) is 0.458. The van der Waals surface area contributed by atoms with E-state index in [4.69, 9.17) is 4.74 Å². The molecule has 2 bridgehead atoms. The van der Waals surface area contributed by atoms with E-state index >= 15 is 0 Å². The summed E-state index contributed by atoms with van der Waals surface area (Å²) in [6.07, 6.45) is 2.41.